The van der Waals surface area contributed by atoms with Crippen LogP contribution < -0.4 is 5.73 Å². The molecule has 2 N–H and O–H groups in total. The molecule has 0 saturated heterocycles. The van der Waals surface area contributed by atoms with Gasteiger partial charge < -0.3 is 5.73 Å². The molecule has 0 bridgehead atoms. The Balaban J connectivity index is 2.89. The Kier molecular flexibility index (Phi) is 3.26. The third kappa shape index (κ3) is 2.06. The van der Waals surface area contributed by atoms with Crippen molar-refractivity contribution < 1.29 is 0 Å². The fourth-order valence-electron chi connectivity index (χ4n) is 0.825. The number of halogens is 1. The third-order valence-corrected chi connectivity index (χ3v) is 3.87. The largest absolute Gasteiger partial charge is 0.322 e. The van der Waals surface area contributed by atoms with E-state index in [-0.39, 0.29) is 6.04 Å². The van der Waals surface area contributed by atoms with Crippen molar-refractivity contribution in [1.82, 2.24) is 4.98 Å². The topological polar surface area (TPSA) is 38.9 Å². The summed E-state index contributed by atoms with van der Waals surface area (Å²) < 4.78 is 1.09. The van der Waals surface area contributed by atoms with E-state index < -0.39 is 0 Å². The minimum Gasteiger partial charge on any atom is -0.322 e. The minimum atomic E-state index is 0.0694. The second-order valence-corrected chi connectivity index (χ2v) is 5.53. The molecule has 1 aromatic rings. The zero-order chi connectivity index (χ0) is 9.30. The molecule has 0 aliphatic carbocycles. The normalized spacial score (nSPS) is 13.8. The second-order valence-electron chi connectivity index (χ2n) is 3.18. The van der Waals surface area contributed by atoms with Crippen molar-refractivity contribution in [1.29, 1.82) is 0 Å². The maximum atomic E-state index is 5.95. The molecule has 0 spiro atoms. The van der Waals surface area contributed by atoms with E-state index in [4.69, 9.17) is 5.73 Å². The van der Waals surface area contributed by atoms with Gasteiger partial charge in [0.05, 0.1) is 15.5 Å². The lowest BCUT2D eigenvalue weighted by molar-refractivity contribution is 0.511. The van der Waals surface area contributed by atoms with Crippen LogP contribution in [0.15, 0.2) is 3.79 Å². The zero-order valence-corrected chi connectivity index (χ0v) is 9.87. The summed E-state index contributed by atoms with van der Waals surface area (Å²) in [6.45, 7) is 6.20. The molecule has 0 saturated carbocycles. The zero-order valence-electron chi connectivity index (χ0n) is 7.47. The fourth-order valence-corrected chi connectivity index (χ4v) is 2.38. The first-order chi connectivity index (χ1) is 5.52. The monoisotopic (exact) mass is 248 g/mol. The van der Waals surface area contributed by atoms with Gasteiger partial charge in [-0.2, -0.15) is 0 Å². The quantitative estimate of drug-likeness (QED) is 0.875. The molecule has 1 unspecified atom stereocenters. The van der Waals surface area contributed by atoms with Crippen LogP contribution in [-0.2, 0) is 0 Å². The van der Waals surface area contributed by atoms with Gasteiger partial charge in [-0.1, -0.05) is 13.8 Å². The number of aromatic nitrogens is 1. The highest BCUT2D eigenvalue weighted by Crippen LogP contribution is 2.29. The molecule has 0 radical (unpaired) electrons. The second kappa shape index (κ2) is 3.85. The lowest BCUT2D eigenvalue weighted by Gasteiger charge is -2.11. The average Bonchev–Trinajstić information content (AvgIpc) is 2.30. The van der Waals surface area contributed by atoms with Crippen LogP contribution in [0.4, 0.5) is 0 Å². The van der Waals surface area contributed by atoms with Crippen LogP contribution in [0.3, 0.4) is 0 Å². The van der Waals surface area contributed by atoms with Crippen molar-refractivity contribution in [2.24, 2.45) is 11.7 Å². The summed E-state index contributed by atoms with van der Waals surface area (Å²) >= 11 is 5.07. The van der Waals surface area contributed by atoms with Gasteiger partial charge in [-0.05, 0) is 28.8 Å². The molecule has 1 heterocycles. The van der Waals surface area contributed by atoms with E-state index in [0.29, 0.717) is 5.92 Å². The summed E-state index contributed by atoms with van der Waals surface area (Å²) in [5.74, 6) is 0.447. The molecule has 0 aliphatic rings. The molecule has 2 nitrogen and oxygen atoms in total. The highest BCUT2D eigenvalue weighted by atomic mass is 79.9. The number of nitrogens with two attached hydrogens (primary N) is 1. The first-order valence-electron chi connectivity index (χ1n) is 3.90. The maximum Gasteiger partial charge on any atom is 0.111 e. The molecule has 0 aliphatic heterocycles. The number of hydrogen-bond donors (Lipinski definition) is 1. The standard InChI is InChI=1S/C8H13BrN2S/c1-4(2)6(10)8-11-5(3)7(9)12-8/h4,6H,10H2,1-3H3. The lowest BCUT2D eigenvalue weighted by Crippen LogP contribution is -2.16. The Labute approximate surface area is 85.3 Å². The molecule has 1 rings (SSSR count). The van der Waals surface area contributed by atoms with Crippen molar-refractivity contribution in [3.8, 4) is 0 Å². The summed E-state index contributed by atoms with van der Waals surface area (Å²) in [7, 11) is 0. The van der Waals surface area contributed by atoms with Gasteiger partial charge in [0, 0.05) is 0 Å². The van der Waals surface area contributed by atoms with Gasteiger partial charge in [-0.15, -0.1) is 11.3 Å². The first-order valence-corrected chi connectivity index (χ1v) is 5.51. The average molecular weight is 249 g/mol. The van der Waals surface area contributed by atoms with E-state index in [9.17, 15) is 0 Å². The summed E-state index contributed by atoms with van der Waals surface area (Å²) in [5.41, 5.74) is 6.98. The summed E-state index contributed by atoms with van der Waals surface area (Å²) in [4.78, 5) is 4.38. The number of rotatable bonds is 2. The molecular weight excluding hydrogens is 236 g/mol. The van der Waals surface area contributed by atoms with Crippen LogP contribution in [0.25, 0.3) is 0 Å². The Bertz CT molecular complexity index is 251. The van der Waals surface area contributed by atoms with Gasteiger partial charge in [0.15, 0.2) is 0 Å². The molecule has 1 aromatic heterocycles. The first kappa shape index (κ1) is 10.2. The van der Waals surface area contributed by atoms with Gasteiger partial charge in [-0.25, -0.2) is 4.98 Å². The van der Waals surface area contributed by atoms with Crippen LogP contribution >= 0.6 is 27.3 Å². The third-order valence-electron chi connectivity index (χ3n) is 1.76. The number of hydrogen-bond acceptors (Lipinski definition) is 3. The van der Waals surface area contributed by atoms with Crippen molar-refractivity contribution >= 4 is 27.3 Å². The fraction of sp³-hybridized carbons (Fsp3) is 0.625. The molecule has 0 fully saturated rings. The Morgan fingerprint density at radius 1 is 1.50 bits per heavy atom. The van der Waals surface area contributed by atoms with Gasteiger partial charge in [0.25, 0.3) is 0 Å². The van der Waals surface area contributed by atoms with Crippen molar-refractivity contribution in [2.75, 3.05) is 0 Å². The highest BCUT2D eigenvalue weighted by molar-refractivity contribution is 9.11. The van der Waals surface area contributed by atoms with Crippen LogP contribution in [0.2, 0.25) is 0 Å². The van der Waals surface area contributed by atoms with Gasteiger partial charge >= 0.3 is 0 Å². The number of aryl methyl sites for hydroxylation is 1. The molecular formula is C8H13BrN2S. The summed E-state index contributed by atoms with van der Waals surface area (Å²) in [6.07, 6.45) is 0. The van der Waals surface area contributed by atoms with Crippen molar-refractivity contribution in [2.45, 2.75) is 26.8 Å². The Morgan fingerprint density at radius 3 is 2.42 bits per heavy atom. The predicted octanol–water partition coefficient (Wildman–Crippen LogP) is 2.87. The molecule has 0 aromatic carbocycles. The van der Waals surface area contributed by atoms with E-state index >= 15 is 0 Å². The van der Waals surface area contributed by atoms with Crippen LogP contribution in [0.1, 0.15) is 30.6 Å². The molecule has 68 valence electrons. The molecule has 4 heteroatoms. The Hall–Kier alpha value is 0.0700. The van der Waals surface area contributed by atoms with E-state index in [0.717, 1.165) is 14.5 Å². The van der Waals surface area contributed by atoms with Crippen LogP contribution in [0, 0.1) is 12.8 Å². The van der Waals surface area contributed by atoms with Crippen molar-refractivity contribution in [3.05, 3.63) is 14.5 Å². The maximum absolute atomic E-state index is 5.95. The summed E-state index contributed by atoms with van der Waals surface area (Å²) in [6, 6.07) is 0.0694. The van der Waals surface area contributed by atoms with Gasteiger partial charge in [0.2, 0.25) is 0 Å². The summed E-state index contributed by atoms with van der Waals surface area (Å²) in [5, 5.41) is 1.02. The van der Waals surface area contributed by atoms with E-state index in [1.165, 1.54) is 0 Å². The smallest absolute Gasteiger partial charge is 0.111 e. The molecule has 12 heavy (non-hydrogen) atoms. The van der Waals surface area contributed by atoms with Gasteiger partial charge in [-0.3, -0.25) is 0 Å². The van der Waals surface area contributed by atoms with E-state index in [2.05, 4.69) is 34.8 Å². The SMILES string of the molecule is Cc1nc(C(N)C(C)C)sc1Br. The van der Waals surface area contributed by atoms with E-state index in [1.54, 1.807) is 11.3 Å². The van der Waals surface area contributed by atoms with Crippen LogP contribution in [-0.4, -0.2) is 4.98 Å². The van der Waals surface area contributed by atoms with Gasteiger partial charge in [0.1, 0.15) is 5.01 Å². The molecule has 0 amide bonds. The lowest BCUT2D eigenvalue weighted by atomic mass is 10.1. The highest BCUT2D eigenvalue weighted by Gasteiger charge is 2.15. The van der Waals surface area contributed by atoms with Crippen molar-refractivity contribution in [3.63, 3.8) is 0 Å². The van der Waals surface area contributed by atoms with Crippen LogP contribution in [0.5, 0.6) is 0 Å². The number of thiazole rings is 1. The minimum absolute atomic E-state index is 0.0694. The molecule has 1 atom stereocenters. The predicted molar refractivity (Wildman–Crippen MR) is 56.3 cm³/mol. The van der Waals surface area contributed by atoms with E-state index in [1.807, 2.05) is 6.92 Å². The number of nitrogens with zero attached hydrogens (tertiary/aromatic N) is 1. The Morgan fingerprint density at radius 2 is 2.08 bits per heavy atom.